The topological polar surface area (TPSA) is 34.2 Å². The molecule has 2 unspecified atom stereocenters. The van der Waals surface area contributed by atoms with Crippen LogP contribution in [0, 0.1) is 5.92 Å². The fourth-order valence-electron chi connectivity index (χ4n) is 3.28. The van der Waals surface area contributed by atoms with Crippen molar-refractivity contribution in [3.8, 4) is 5.75 Å². The van der Waals surface area contributed by atoms with E-state index in [1.54, 1.807) is 13.3 Å². The third kappa shape index (κ3) is 4.20. The van der Waals surface area contributed by atoms with Crippen LogP contribution in [0.3, 0.4) is 0 Å². The molecular formula is C17H28N2O. The van der Waals surface area contributed by atoms with Crippen LogP contribution in [-0.4, -0.2) is 25.2 Å². The molecule has 0 aromatic carbocycles. The Kier molecular flexibility index (Phi) is 6.31. The van der Waals surface area contributed by atoms with Gasteiger partial charge < -0.3 is 10.1 Å². The number of rotatable bonds is 6. The predicted molar refractivity (Wildman–Crippen MR) is 83.3 cm³/mol. The van der Waals surface area contributed by atoms with Gasteiger partial charge in [0.1, 0.15) is 5.75 Å². The van der Waals surface area contributed by atoms with E-state index in [0.717, 1.165) is 24.8 Å². The maximum atomic E-state index is 5.33. The summed E-state index contributed by atoms with van der Waals surface area (Å²) in [5.74, 6) is 2.24. The minimum atomic E-state index is 0.629. The van der Waals surface area contributed by atoms with Crippen molar-refractivity contribution in [2.45, 2.75) is 51.4 Å². The molecule has 3 heteroatoms. The number of pyridine rings is 1. The Morgan fingerprint density at radius 2 is 2.10 bits per heavy atom. The number of hydrogen-bond donors (Lipinski definition) is 1. The maximum absolute atomic E-state index is 5.33. The largest absolute Gasteiger partial charge is 0.495 e. The van der Waals surface area contributed by atoms with Gasteiger partial charge in [-0.15, -0.1) is 0 Å². The molecule has 1 fully saturated rings. The van der Waals surface area contributed by atoms with E-state index >= 15 is 0 Å². The summed E-state index contributed by atoms with van der Waals surface area (Å²) >= 11 is 0. The highest BCUT2D eigenvalue weighted by molar-refractivity contribution is 5.27. The van der Waals surface area contributed by atoms with Gasteiger partial charge >= 0.3 is 0 Å². The fourth-order valence-corrected chi connectivity index (χ4v) is 3.28. The number of aromatic nitrogens is 1. The molecule has 1 aliphatic rings. The van der Waals surface area contributed by atoms with Crippen LogP contribution >= 0.6 is 0 Å². The second-order valence-electron chi connectivity index (χ2n) is 5.87. The zero-order valence-electron chi connectivity index (χ0n) is 12.9. The molecule has 1 aromatic rings. The molecule has 0 bridgehead atoms. The van der Waals surface area contributed by atoms with E-state index in [1.807, 2.05) is 6.20 Å². The second-order valence-corrected chi connectivity index (χ2v) is 5.87. The number of ether oxygens (including phenoxy) is 1. The van der Waals surface area contributed by atoms with Crippen LogP contribution in [0.1, 0.15) is 56.9 Å². The van der Waals surface area contributed by atoms with Crippen LogP contribution in [0.15, 0.2) is 18.5 Å². The highest BCUT2D eigenvalue weighted by Crippen LogP contribution is 2.36. The molecule has 0 saturated heterocycles. The van der Waals surface area contributed by atoms with E-state index in [-0.39, 0.29) is 0 Å². The average Bonchev–Trinajstić information content (AvgIpc) is 2.73. The van der Waals surface area contributed by atoms with E-state index in [0.29, 0.717) is 5.92 Å². The molecule has 1 N–H and O–H groups in total. The summed E-state index contributed by atoms with van der Waals surface area (Å²) in [5, 5.41) is 3.61. The lowest BCUT2D eigenvalue weighted by atomic mass is 9.83. The van der Waals surface area contributed by atoms with Gasteiger partial charge in [-0.05, 0) is 55.8 Å². The first-order valence-electron chi connectivity index (χ1n) is 8.04. The van der Waals surface area contributed by atoms with Crippen LogP contribution in [0.2, 0.25) is 0 Å². The normalized spacial score (nSPS) is 23.3. The van der Waals surface area contributed by atoms with Crippen molar-refractivity contribution < 1.29 is 4.74 Å². The number of hydrogen-bond acceptors (Lipinski definition) is 3. The summed E-state index contributed by atoms with van der Waals surface area (Å²) in [5.41, 5.74) is 1.36. The Hall–Kier alpha value is -1.09. The van der Waals surface area contributed by atoms with Crippen LogP contribution < -0.4 is 10.1 Å². The lowest BCUT2D eigenvalue weighted by molar-refractivity contribution is 0.371. The first-order valence-corrected chi connectivity index (χ1v) is 8.04. The summed E-state index contributed by atoms with van der Waals surface area (Å²) in [4.78, 5) is 4.35. The molecule has 3 nitrogen and oxygen atoms in total. The van der Waals surface area contributed by atoms with Gasteiger partial charge in [0.25, 0.3) is 0 Å². The third-order valence-corrected chi connectivity index (χ3v) is 4.39. The maximum Gasteiger partial charge on any atom is 0.137 e. The molecule has 1 aromatic heterocycles. The third-order valence-electron chi connectivity index (χ3n) is 4.39. The zero-order valence-corrected chi connectivity index (χ0v) is 12.9. The summed E-state index contributed by atoms with van der Waals surface area (Å²) in [6, 6.07) is 2.18. The SMILES string of the molecule is CCCNCC1CCCCCC1c1cncc(OC)c1. The first kappa shape index (κ1) is 15.3. The summed E-state index contributed by atoms with van der Waals surface area (Å²) < 4.78 is 5.33. The minimum absolute atomic E-state index is 0.629. The van der Waals surface area contributed by atoms with E-state index in [9.17, 15) is 0 Å². The molecule has 0 radical (unpaired) electrons. The van der Waals surface area contributed by atoms with E-state index in [2.05, 4.69) is 23.3 Å². The Balaban J connectivity index is 2.09. The molecule has 0 amide bonds. The van der Waals surface area contributed by atoms with Gasteiger partial charge in [-0.1, -0.05) is 26.2 Å². The molecule has 1 saturated carbocycles. The monoisotopic (exact) mass is 276 g/mol. The van der Waals surface area contributed by atoms with Gasteiger partial charge in [0.15, 0.2) is 0 Å². The molecule has 112 valence electrons. The summed E-state index contributed by atoms with van der Waals surface area (Å²) in [7, 11) is 1.72. The van der Waals surface area contributed by atoms with Crippen LogP contribution in [0.5, 0.6) is 5.75 Å². The van der Waals surface area contributed by atoms with Crippen LogP contribution in [0.4, 0.5) is 0 Å². The highest BCUT2D eigenvalue weighted by Gasteiger charge is 2.25. The quantitative estimate of drug-likeness (QED) is 0.634. The summed E-state index contributed by atoms with van der Waals surface area (Å²) in [6.45, 7) is 4.48. The van der Waals surface area contributed by atoms with Crippen LogP contribution in [-0.2, 0) is 0 Å². The first-order chi connectivity index (χ1) is 9.85. The average molecular weight is 276 g/mol. The molecule has 1 aliphatic carbocycles. The molecular weight excluding hydrogens is 248 g/mol. The Labute approximate surface area is 123 Å². The molecule has 1 heterocycles. The molecule has 0 aliphatic heterocycles. The van der Waals surface area contributed by atoms with Crippen molar-refractivity contribution in [2.24, 2.45) is 5.92 Å². The van der Waals surface area contributed by atoms with Gasteiger partial charge in [0.05, 0.1) is 13.3 Å². The van der Waals surface area contributed by atoms with Gasteiger partial charge in [-0.2, -0.15) is 0 Å². The van der Waals surface area contributed by atoms with E-state index in [4.69, 9.17) is 4.74 Å². The van der Waals surface area contributed by atoms with Gasteiger partial charge in [0, 0.05) is 6.20 Å². The number of nitrogens with zero attached hydrogens (tertiary/aromatic N) is 1. The summed E-state index contributed by atoms with van der Waals surface area (Å²) in [6.07, 6.45) is 11.7. The lowest BCUT2D eigenvalue weighted by Crippen LogP contribution is -2.27. The van der Waals surface area contributed by atoms with E-state index < -0.39 is 0 Å². The lowest BCUT2D eigenvalue weighted by Gasteiger charge is -2.26. The van der Waals surface area contributed by atoms with Crippen molar-refractivity contribution in [3.05, 3.63) is 24.0 Å². The van der Waals surface area contributed by atoms with Crippen molar-refractivity contribution in [1.29, 1.82) is 0 Å². The Morgan fingerprint density at radius 1 is 1.25 bits per heavy atom. The van der Waals surface area contributed by atoms with Crippen molar-refractivity contribution >= 4 is 0 Å². The number of nitrogens with one attached hydrogen (secondary N) is 1. The molecule has 20 heavy (non-hydrogen) atoms. The molecule has 2 rings (SSSR count). The van der Waals surface area contributed by atoms with Gasteiger partial charge in [0.2, 0.25) is 0 Å². The van der Waals surface area contributed by atoms with Crippen molar-refractivity contribution in [3.63, 3.8) is 0 Å². The zero-order chi connectivity index (χ0) is 14.2. The van der Waals surface area contributed by atoms with Crippen molar-refractivity contribution in [1.82, 2.24) is 10.3 Å². The molecule has 0 spiro atoms. The highest BCUT2D eigenvalue weighted by atomic mass is 16.5. The van der Waals surface area contributed by atoms with E-state index in [1.165, 1.54) is 44.1 Å². The van der Waals surface area contributed by atoms with Gasteiger partial charge in [-0.25, -0.2) is 0 Å². The van der Waals surface area contributed by atoms with Gasteiger partial charge in [-0.3, -0.25) is 4.98 Å². The molecule has 2 atom stereocenters. The fraction of sp³-hybridized carbons (Fsp3) is 0.706. The van der Waals surface area contributed by atoms with Crippen molar-refractivity contribution in [2.75, 3.05) is 20.2 Å². The number of methoxy groups -OCH3 is 1. The van der Waals surface area contributed by atoms with Crippen LogP contribution in [0.25, 0.3) is 0 Å². The Morgan fingerprint density at radius 3 is 2.90 bits per heavy atom. The predicted octanol–water partition coefficient (Wildman–Crippen LogP) is 3.75. The second kappa shape index (κ2) is 8.25. The Bertz CT molecular complexity index is 394. The minimum Gasteiger partial charge on any atom is -0.495 e. The smallest absolute Gasteiger partial charge is 0.137 e. The standard InChI is InChI=1S/C17H28N2O/c1-3-9-18-11-14-7-5-4-6-8-17(14)15-10-16(20-2)13-19-12-15/h10,12-14,17-18H,3-9,11H2,1-2H3.